The van der Waals surface area contributed by atoms with Gasteiger partial charge in [0.2, 0.25) is 0 Å². The average Bonchev–Trinajstić information content (AvgIpc) is 3.14. The van der Waals surface area contributed by atoms with E-state index < -0.39 is 0 Å². The van der Waals surface area contributed by atoms with Crippen LogP contribution in [-0.4, -0.2) is 0 Å². The lowest BCUT2D eigenvalue weighted by atomic mass is 9.79. The summed E-state index contributed by atoms with van der Waals surface area (Å²) >= 11 is 0. The predicted octanol–water partition coefficient (Wildman–Crippen LogP) is 9.75. The highest BCUT2D eigenvalue weighted by Gasteiger charge is 2.34. The highest BCUT2D eigenvalue weighted by molar-refractivity contribution is 6.04. The molecule has 0 bridgehead atoms. The first-order valence-corrected chi connectivity index (χ1v) is 12.8. The molecule has 35 heavy (non-hydrogen) atoms. The molecule has 5 aromatic carbocycles. The van der Waals surface area contributed by atoms with Crippen molar-refractivity contribution in [3.63, 3.8) is 0 Å². The van der Waals surface area contributed by atoms with Gasteiger partial charge in [-0.3, -0.25) is 0 Å². The molecule has 0 radical (unpaired) electrons. The molecule has 0 unspecified atom stereocenters. The molecule has 0 atom stereocenters. The lowest BCUT2D eigenvalue weighted by Gasteiger charge is -2.24. The summed E-state index contributed by atoms with van der Waals surface area (Å²) in [6, 6.07) is 34.6. The Bertz CT molecular complexity index is 1480. The van der Waals surface area contributed by atoms with Gasteiger partial charge in [0, 0.05) is 5.92 Å². The van der Waals surface area contributed by atoms with Gasteiger partial charge in [-0.1, -0.05) is 126 Å². The Morgan fingerprint density at radius 1 is 0.486 bits per heavy atom. The molecule has 0 heteroatoms. The lowest BCUT2D eigenvalue weighted by Crippen LogP contribution is -2.13. The Hall–Kier alpha value is -3.38. The summed E-state index contributed by atoms with van der Waals surface area (Å²) < 4.78 is 0. The molecule has 0 amide bonds. The predicted molar refractivity (Wildman–Crippen MR) is 152 cm³/mol. The van der Waals surface area contributed by atoms with Crippen molar-refractivity contribution >= 4 is 21.5 Å². The maximum atomic E-state index is 2.49. The molecule has 0 aliphatic heterocycles. The summed E-state index contributed by atoms with van der Waals surface area (Å²) in [6.07, 6.45) is 0. The van der Waals surface area contributed by atoms with Gasteiger partial charge in [0.15, 0.2) is 0 Å². The highest BCUT2D eigenvalue weighted by Crippen LogP contribution is 2.52. The van der Waals surface area contributed by atoms with Gasteiger partial charge in [0.05, 0.1) is 0 Å². The maximum Gasteiger partial charge on any atom is 0.0364 e. The van der Waals surface area contributed by atoms with Crippen LogP contribution in [0.3, 0.4) is 0 Å². The Labute approximate surface area is 209 Å². The van der Waals surface area contributed by atoms with Gasteiger partial charge in [0.25, 0.3) is 0 Å². The van der Waals surface area contributed by atoms with E-state index >= 15 is 0 Å². The lowest BCUT2D eigenvalue weighted by molar-refractivity contribution is 0.589. The third-order valence-corrected chi connectivity index (χ3v) is 7.85. The molecule has 0 N–H and O–H groups in total. The van der Waals surface area contributed by atoms with Gasteiger partial charge in [-0.2, -0.15) is 0 Å². The van der Waals surface area contributed by atoms with Crippen molar-refractivity contribution in [1.82, 2.24) is 0 Å². The van der Waals surface area contributed by atoms with E-state index in [-0.39, 0.29) is 16.7 Å². The average molecular weight is 455 g/mol. The van der Waals surface area contributed by atoms with Gasteiger partial charge >= 0.3 is 0 Å². The molecule has 1 aliphatic carbocycles. The van der Waals surface area contributed by atoms with Crippen molar-refractivity contribution in [3.05, 3.63) is 119 Å². The smallest absolute Gasteiger partial charge is 0.0364 e. The number of hydrogen-bond acceptors (Lipinski definition) is 0. The molecule has 5 aromatic rings. The zero-order valence-electron chi connectivity index (χ0n) is 21.7. The second-order valence-electron chi connectivity index (χ2n) is 12.3. The third-order valence-electron chi connectivity index (χ3n) is 7.85. The molecule has 6 rings (SSSR count). The second kappa shape index (κ2) is 7.56. The summed E-state index contributed by atoms with van der Waals surface area (Å²) in [5, 5.41) is 5.35. The first-order valence-electron chi connectivity index (χ1n) is 12.8. The van der Waals surface area contributed by atoms with Crippen molar-refractivity contribution < 1.29 is 0 Å². The first kappa shape index (κ1) is 22.1. The van der Waals surface area contributed by atoms with Crippen molar-refractivity contribution in [2.75, 3.05) is 0 Å². The van der Waals surface area contributed by atoms with E-state index in [2.05, 4.69) is 133 Å². The molecule has 0 fully saturated rings. The largest absolute Gasteiger partial charge is 0.0616 e. The standard InChI is InChI=1S/C35H34/c1-34(2,3)24-15-17-28-29-18-16-25(35(4,5)6)21-31(29)33(30(28)20-24)32-26-13-9-7-11-22(26)19-23-12-8-10-14-27(23)32/h7-21,33H,1-6H3. The van der Waals surface area contributed by atoms with E-state index in [1.807, 2.05) is 0 Å². The SMILES string of the molecule is CC(C)(C)c1ccc2c(c1)C(c1c3ccccc3cc3ccccc13)c1cc(C(C)(C)C)ccc1-2. The summed E-state index contributed by atoms with van der Waals surface area (Å²) in [5.41, 5.74) is 10.1. The summed E-state index contributed by atoms with van der Waals surface area (Å²) in [4.78, 5) is 0. The van der Waals surface area contributed by atoms with E-state index in [9.17, 15) is 0 Å². The number of hydrogen-bond donors (Lipinski definition) is 0. The summed E-state index contributed by atoms with van der Waals surface area (Å²) in [5.74, 6) is 0.209. The minimum absolute atomic E-state index is 0.103. The fourth-order valence-electron chi connectivity index (χ4n) is 5.87. The quantitative estimate of drug-likeness (QED) is 0.217. The minimum atomic E-state index is 0.103. The zero-order chi connectivity index (χ0) is 24.5. The number of fused-ring (bicyclic) bond motifs is 5. The van der Waals surface area contributed by atoms with Crippen molar-refractivity contribution in [2.24, 2.45) is 0 Å². The van der Waals surface area contributed by atoms with Crippen LogP contribution in [0.1, 0.15) is 75.3 Å². The van der Waals surface area contributed by atoms with Gasteiger partial charge in [-0.25, -0.2) is 0 Å². The molecule has 0 spiro atoms. The van der Waals surface area contributed by atoms with Gasteiger partial charge in [-0.15, -0.1) is 0 Å². The molecule has 174 valence electrons. The van der Waals surface area contributed by atoms with Crippen LogP contribution in [-0.2, 0) is 10.8 Å². The second-order valence-corrected chi connectivity index (χ2v) is 12.3. The number of rotatable bonds is 1. The van der Waals surface area contributed by atoms with Crippen molar-refractivity contribution in [1.29, 1.82) is 0 Å². The minimum Gasteiger partial charge on any atom is -0.0616 e. The summed E-state index contributed by atoms with van der Waals surface area (Å²) in [6.45, 7) is 13.9. The normalized spacial score (nSPS) is 13.9. The number of benzene rings is 5. The Morgan fingerprint density at radius 3 is 1.34 bits per heavy atom. The van der Waals surface area contributed by atoms with Gasteiger partial charge < -0.3 is 0 Å². The highest BCUT2D eigenvalue weighted by atomic mass is 14.4. The molecule has 1 aliphatic rings. The Kier molecular flexibility index (Phi) is 4.77. The van der Waals surface area contributed by atoms with Crippen LogP contribution in [0.4, 0.5) is 0 Å². The first-order chi connectivity index (χ1) is 16.6. The monoisotopic (exact) mass is 454 g/mol. The van der Waals surface area contributed by atoms with Crippen molar-refractivity contribution in [3.8, 4) is 11.1 Å². The van der Waals surface area contributed by atoms with Gasteiger partial charge in [0.1, 0.15) is 0 Å². The topological polar surface area (TPSA) is 0 Å². The van der Waals surface area contributed by atoms with Crippen LogP contribution in [0.15, 0.2) is 91.0 Å². The van der Waals surface area contributed by atoms with Crippen LogP contribution >= 0.6 is 0 Å². The van der Waals surface area contributed by atoms with E-state index in [1.165, 1.54) is 60.5 Å². The zero-order valence-corrected chi connectivity index (χ0v) is 21.7. The van der Waals surface area contributed by atoms with Gasteiger partial charge in [-0.05, 0) is 77.4 Å². The van der Waals surface area contributed by atoms with Crippen LogP contribution in [0, 0.1) is 0 Å². The van der Waals surface area contributed by atoms with E-state index in [0.29, 0.717) is 0 Å². The molecular weight excluding hydrogens is 420 g/mol. The fraction of sp³-hybridized carbons (Fsp3) is 0.257. The molecule has 0 nitrogen and oxygen atoms in total. The van der Waals surface area contributed by atoms with Crippen LogP contribution < -0.4 is 0 Å². The molecular formula is C35H34. The fourth-order valence-corrected chi connectivity index (χ4v) is 5.87. The molecule has 0 saturated heterocycles. The van der Waals surface area contributed by atoms with Crippen molar-refractivity contribution in [2.45, 2.75) is 58.3 Å². The van der Waals surface area contributed by atoms with Crippen LogP contribution in [0.2, 0.25) is 0 Å². The van der Waals surface area contributed by atoms with E-state index in [1.54, 1.807) is 0 Å². The van der Waals surface area contributed by atoms with Crippen LogP contribution in [0.5, 0.6) is 0 Å². The van der Waals surface area contributed by atoms with E-state index in [4.69, 9.17) is 0 Å². The molecule has 0 aromatic heterocycles. The van der Waals surface area contributed by atoms with E-state index in [0.717, 1.165) is 0 Å². The maximum absolute atomic E-state index is 2.49. The molecule has 0 saturated carbocycles. The Balaban J connectivity index is 1.75. The van der Waals surface area contributed by atoms with Crippen LogP contribution in [0.25, 0.3) is 32.7 Å². The Morgan fingerprint density at radius 2 is 0.914 bits per heavy atom. The summed E-state index contributed by atoms with van der Waals surface area (Å²) in [7, 11) is 0. The molecule has 0 heterocycles. The third kappa shape index (κ3) is 3.50.